The molecule has 21 heavy (non-hydrogen) atoms. The van der Waals surface area contributed by atoms with Gasteiger partial charge in [-0.15, -0.1) is 0 Å². The van der Waals surface area contributed by atoms with E-state index in [1.807, 2.05) is 0 Å². The summed E-state index contributed by atoms with van der Waals surface area (Å²) in [7, 11) is 3.09. The molecule has 0 spiro atoms. The van der Waals surface area contributed by atoms with Crippen molar-refractivity contribution >= 4 is 18.0 Å². The highest BCUT2D eigenvalue weighted by atomic mass is 16.5. The van der Waals surface area contributed by atoms with Crippen LogP contribution in [0.25, 0.3) is 6.08 Å². The maximum Gasteiger partial charge on any atom is 0.305 e. The Balaban J connectivity index is 2.28. The van der Waals surface area contributed by atoms with Gasteiger partial charge in [-0.2, -0.15) is 0 Å². The number of ether oxygens (including phenoxy) is 2. The normalized spacial score (nSPS) is 13.6. The van der Waals surface area contributed by atoms with E-state index in [9.17, 15) is 9.59 Å². The third-order valence-electron chi connectivity index (χ3n) is 3.31. The minimum Gasteiger partial charge on any atom is -0.493 e. The summed E-state index contributed by atoms with van der Waals surface area (Å²) >= 11 is 0. The van der Waals surface area contributed by atoms with Gasteiger partial charge < -0.3 is 19.5 Å². The molecule has 0 unspecified atom stereocenters. The predicted octanol–water partition coefficient (Wildman–Crippen LogP) is 1.53. The van der Waals surface area contributed by atoms with E-state index in [-0.39, 0.29) is 25.3 Å². The molecule has 1 aromatic carbocycles. The number of nitrogens with zero attached hydrogens (tertiary/aromatic N) is 1. The number of carbonyl (C=O) groups excluding carboxylic acids is 1. The van der Waals surface area contributed by atoms with Crippen LogP contribution < -0.4 is 9.47 Å². The van der Waals surface area contributed by atoms with Crippen molar-refractivity contribution < 1.29 is 24.2 Å². The Bertz CT molecular complexity index is 594. The van der Waals surface area contributed by atoms with Crippen LogP contribution in [0.15, 0.2) is 18.3 Å². The number of amides is 1. The molecule has 1 aromatic rings. The second-order valence-corrected chi connectivity index (χ2v) is 4.63. The van der Waals surface area contributed by atoms with Crippen molar-refractivity contribution in [3.05, 3.63) is 29.5 Å². The van der Waals surface area contributed by atoms with Crippen molar-refractivity contribution in [2.45, 2.75) is 12.8 Å². The van der Waals surface area contributed by atoms with E-state index >= 15 is 0 Å². The van der Waals surface area contributed by atoms with E-state index in [4.69, 9.17) is 14.6 Å². The average molecular weight is 291 g/mol. The van der Waals surface area contributed by atoms with Crippen LogP contribution in [0.2, 0.25) is 0 Å². The first kappa shape index (κ1) is 14.9. The Morgan fingerprint density at radius 1 is 1.29 bits per heavy atom. The largest absolute Gasteiger partial charge is 0.493 e. The molecule has 6 nitrogen and oxygen atoms in total. The molecule has 0 fully saturated rings. The van der Waals surface area contributed by atoms with Gasteiger partial charge in [0.25, 0.3) is 0 Å². The number of fused-ring (bicyclic) bond motifs is 1. The molecule has 1 aliphatic heterocycles. The molecule has 2 rings (SSSR count). The first-order valence-electron chi connectivity index (χ1n) is 6.49. The van der Waals surface area contributed by atoms with E-state index in [1.165, 1.54) is 12.0 Å². The smallest absolute Gasteiger partial charge is 0.305 e. The van der Waals surface area contributed by atoms with Crippen LogP contribution in [-0.2, 0) is 16.0 Å². The molecule has 0 aliphatic carbocycles. The number of carbonyl (C=O) groups is 2. The third-order valence-corrected chi connectivity index (χ3v) is 3.31. The number of hydrogen-bond donors (Lipinski definition) is 1. The van der Waals surface area contributed by atoms with Crippen molar-refractivity contribution in [1.29, 1.82) is 0 Å². The molecule has 6 heteroatoms. The van der Waals surface area contributed by atoms with Crippen LogP contribution in [0.1, 0.15) is 17.5 Å². The Labute approximate surface area is 122 Å². The van der Waals surface area contributed by atoms with E-state index in [2.05, 4.69) is 0 Å². The summed E-state index contributed by atoms with van der Waals surface area (Å²) in [5, 5.41) is 8.72. The summed E-state index contributed by atoms with van der Waals surface area (Å²) in [4.78, 5) is 24.2. The lowest BCUT2D eigenvalue weighted by molar-refractivity contribution is -0.137. The highest BCUT2D eigenvalue weighted by molar-refractivity contribution is 5.84. The molecule has 112 valence electrons. The molecular formula is C15H17NO5. The SMILES string of the molecule is COc1cc2c(cc1OC)CC(=O)N(CCC(=O)O)C=C2. The van der Waals surface area contributed by atoms with Gasteiger partial charge >= 0.3 is 5.97 Å². The number of aliphatic carboxylic acids is 1. The van der Waals surface area contributed by atoms with Gasteiger partial charge in [0.05, 0.1) is 27.1 Å². The van der Waals surface area contributed by atoms with Crippen molar-refractivity contribution in [2.75, 3.05) is 20.8 Å². The number of carboxylic acids is 1. The number of rotatable bonds is 5. The predicted molar refractivity (Wildman–Crippen MR) is 76.2 cm³/mol. The van der Waals surface area contributed by atoms with Gasteiger partial charge in [0.15, 0.2) is 11.5 Å². The molecular weight excluding hydrogens is 274 g/mol. The topological polar surface area (TPSA) is 76.1 Å². The zero-order valence-corrected chi connectivity index (χ0v) is 12.0. The molecule has 0 saturated heterocycles. The number of hydrogen-bond acceptors (Lipinski definition) is 4. The van der Waals surface area contributed by atoms with Crippen LogP contribution in [-0.4, -0.2) is 42.6 Å². The van der Waals surface area contributed by atoms with Gasteiger partial charge in [-0.25, -0.2) is 0 Å². The van der Waals surface area contributed by atoms with Gasteiger partial charge in [-0.3, -0.25) is 9.59 Å². The van der Waals surface area contributed by atoms with Crippen LogP contribution in [0.3, 0.4) is 0 Å². The van der Waals surface area contributed by atoms with Gasteiger partial charge in [-0.05, 0) is 29.3 Å². The molecule has 0 radical (unpaired) electrons. The van der Waals surface area contributed by atoms with Gasteiger partial charge in [0.1, 0.15) is 0 Å². The summed E-state index contributed by atoms with van der Waals surface area (Å²) in [5.74, 6) is 0.0866. The van der Waals surface area contributed by atoms with E-state index < -0.39 is 5.97 Å². The van der Waals surface area contributed by atoms with Crippen molar-refractivity contribution in [3.63, 3.8) is 0 Å². The zero-order chi connectivity index (χ0) is 15.4. The standard InChI is InChI=1S/C15H17NO5/c1-20-12-7-10-3-5-16(6-4-15(18)19)14(17)9-11(10)8-13(12)21-2/h3,5,7-8H,4,6,9H2,1-2H3,(H,18,19). The summed E-state index contributed by atoms with van der Waals surface area (Å²) in [6, 6.07) is 3.58. The van der Waals surface area contributed by atoms with Crippen LogP contribution in [0.4, 0.5) is 0 Å². The summed E-state index contributed by atoms with van der Waals surface area (Å²) in [6.45, 7) is 0.160. The Morgan fingerprint density at radius 3 is 2.57 bits per heavy atom. The molecule has 0 bridgehead atoms. The van der Waals surface area contributed by atoms with Crippen LogP contribution in [0, 0.1) is 0 Å². The molecule has 1 amide bonds. The first-order chi connectivity index (χ1) is 10.0. The van der Waals surface area contributed by atoms with Crippen LogP contribution >= 0.6 is 0 Å². The lowest BCUT2D eigenvalue weighted by Gasteiger charge is -2.15. The molecule has 1 N–H and O–H groups in total. The molecule has 0 atom stereocenters. The summed E-state index contributed by atoms with van der Waals surface area (Å²) < 4.78 is 10.5. The van der Waals surface area contributed by atoms with Crippen molar-refractivity contribution in [1.82, 2.24) is 4.90 Å². The second-order valence-electron chi connectivity index (χ2n) is 4.63. The first-order valence-corrected chi connectivity index (χ1v) is 6.49. The maximum absolute atomic E-state index is 12.2. The lowest BCUT2D eigenvalue weighted by atomic mass is 10.0. The summed E-state index contributed by atoms with van der Waals surface area (Å²) in [6.07, 6.45) is 3.51. The Hall–Kier alpha value is -2.50. The fourth-order valence-electron chi connectivity index (χ4n) is 2.18. The van der Waals surface area contributed by atoms with Gasteiger partial charge in [0.2, 0.25) is 5.91 Å². The third kappa shape index (κ3) is 3.34. The average Bonchev–Trinajstić information content (AvgIpc) is 2.61. The van der Waals surface area contributed by atoms with Gasteiger partial charge in [-0.1, -0.05) is 0 Å². The minimum atomic E-state index is -0.929. The zero-order valence-electron chi connectivity index (χ0n) is 12.0. The van der Waals surface area contributed by atoms with Crippen LogP contribution in [0.5, 0.6) is 11.5 Å². The number of carboxylic acid groups (broad SMARTS) is 1. The minimum absolute atomic E-state index is 0.0843. The quantitative estimate of drug-likeness (QED) is 0.890. The monoisotopic (exact) mass is 291 g/mol. The molecule has 0 aromatic heterocycles. The highest BCUT2D eigenvalue weighted by Gasteiger charge is 2.19. The van der Waals surface area contributed by atoms with E-state index in [1.54, 1.807) is 31.5 Å². The second kappa shape index (κ2) is 6.30. The molecule has 1 heterocycles. The highest BCUT2D eigenvalue weighted by Crippen LogP contribution is 2.32. The Morgan fingerprint density at radius 2 is 1.95 bits per heavy atom. The van der Waals surface area contributed by atoms with E-state index in [0.29, 0.717) is 11.5 Å². The molecule has 1 aliphatic rings. The fourth-order valence-corrected chi connectivity index (χ4v) is 2.18. The molecule has 0 saturated carbocycles. The number of methoxy groups -OCH3 is 2. The number of benzene rings is 1. The van der Waals surface area contributed by atoms with Gasteiger partial charge in [0, 0.05) is 12.7 Å². The summed E-state index contributed by atoms with van der Waals surface area (Å²) in [5.41, 5.74) is 1.69. The maximum atomic E-state index is 12.2. The van der Waals surface area contributed by atoms with E-state index in [0.717, 1.165) is 11.1 Å². The Kier molecular flexibility index (Phi) is 4.47. The van der Waals surface area contributed by atoms with Crippen molar-refractivity contribution in [3.8, 4) is 11.5 Å². The van der Waals surface area contributed by atoms with Crippen molar-refractivity contribution in [2.24, 2.45) is 0 Å². The fraction of sp³-hybridized carbons (Fsp3) is 0.333. The lowest BCUT2D eigenvalue weighted by Crippen LogP contribution is -2.28.